The first-order valence-corrected chi connectivity index (χ1v) is 11.9. The predicted molar refractivity (Wildman–Crippen MR) is 118 cm³/mol. The molecular formula is C25H35N3O2. The lowest BCUT2D eigenvalue weighted by atomic mass is 9.53. The molecule has 5 aliphatic rings. The minimum absolute atomic E-state index is 0.0555. The zero-order valence-corrected chi connectivity index (χ0v) is 18.1. The minimum Gasteiger partial charge on any atom is -0.349 e. The van der Waals surface area contributed by atoms with Gasteiger partial charge in [0, 0.05) is 17.8 Å². The number of anilines is 1. The van der Waals surface area contributed by atoms with Gasteiger partial charge in [0.1, 0.15) is 0 Å². The Morgan fingerprint density at radius 3 is 2.30 bits per heavy atom. The Morgan fingerprint density at radius 1 is 1.03 bits per heavy atom. The molecular weight excluding hydrogens is 374 g/mol. The molecule has 0 unspecified atom stereocenters. The Labute approximate surface area is 180 Å². The second-order valence-corrected chi connectivity index (χ2v) is 10.6. The number of rotatable bonds is 5. The number of para-hydroxylation sites is 1. The standard InChI is InChI=1S/C25H35N3O2/c1-17(23(29)27-25-13-18-10-19(14-25)12-20(11-18)15-25)28-9-5-6-21(16-28)24(30)26-22-7-3-2-4-8-22/h2-4,7-8,17-21H,5-6,9-16H2,1H3,(H,26,30)(H,27,29)/t17-,18?,19?,20?,21+,25?/m0/s1. The molecule has 6 rings (SSSR count). The summed E-state index contributed by atoms with van der Waals surface area (Å²) in [6, 6.07) is 9.46. The van der Waals surface area contributed by atoms with Crippen LogP contribution in [0.1, 0.15) is 58.3 Å². The molecule has 1 aromatic carbocycles. The Hall–Kier alpha value is -1.88. The maximum Gasteiger partial charge on any atom is 0.237 e. The van der Waals surface area contributed by atoms with Crippen LogP contribution in [0.25, 0.3) is 0 Å². The van der Waals surface area contributed by atoms with Crippen molar-refractivity contribution < 1.29 is 9.59 Å². The molecule has 162 valence electrons. The first-order chi connectivity index (χ1) is 14.5. The van der Waals surface area contributed by atoms with Gasteiger partial charge < -0.3 is 10.6 Å². The van der Waals surface area contributed by atoms with Crippen LogP contribution in [0.5, 0.6) is 0 Å². The Bertz CT molecular complexity index is 758. The van der Waals surface area contributed by atoms with Crippen LogP contribution in [0.15, 0.2) is 30.3 Å². The van der Waals surface area contributed by atoms with Gasteiger partial charge in [-0.15, -0.1) is 0 Å². The maximum absolute atomic E-state index is 13.2. The van der Waals surface area contributed by atoms with Crippen molar-refractivity contribution in [2.24, 2.45) is 23.7 Å². The summed E-state index contributed by atoms with van der Waals surface area (Å²) in [5.41, 5.74) is 0.896. The second kappa shape index (κ2) is 7.99. The van der Waals surface area contributed by atoms with Crippen molar-refractivity contribution in [1.29, 1.82) is 0 Å². The van der Waals surface area contributed by atoms with Gasteiger partial charge in [-0.1, -0.05) is 18.2 Å². The number of piperidine rings is 1. The fraction of sp³-hybridized carbons (Fsp3) is 0.680. The summed E-state index contributed by atoms with van der Waals surface area (Å²) in [6.07, 6.45) is 9.54. The molecule has 5 heteroatoms. The van der Waals surface area contributed by atoms with Gasteiger partial charge >= 0.3 is 0 Å². The van der Waals surface area contributed by atoms with Gasteiger partial charge in [0.05, 0.1) is 12.0 Å². The van der Waals surface area contributed by atoms with Crippen molar-refractivity contribution in [3.8, 4) is 0 Å². The molecule has 5 nitrogen and oxygen atoms in total. The smallest absolute Gasteiger partial charge is 0.237 e. The van der Waals surface area contributed by atoms with Crippen molar-refractivity contribution in [3.05, 3.63) is 30.3 Å². The molecule has 1 aromatic rings. The Kier molecular flexibility index (Phi) is 5.34. The number of hydrogen-bond acceptors (Lipinski definition) is 3. The lowest BCUT2D eigenvalue weighted by Gasteiger charge is -2.57. The van der Waals surface area contributed by atoms with Crippen LogP contribution < -0.4 is 10.6 Å². The van der Waals surface area contributed by atoms with Crippen LogP contribution in [0, 0.1) is 23.7 Å². The molecule has 1 aliphatic heterocycles. The number of carbonyl (C=O) groups excluding carboxylic acids is 2. The fourth-order valence-electron chi connectivity index (χ4n) is 7.13. The minimum atomic E-state index is -0.176. The molecule has 1 heterocycles. The number of carbonyl (C=O) groups is 2. The lowest BCUT2D eigenvalue weighted by Crippen LogP contribution is -2.62. The van der Waals surface area contributed by atoms with Crippen molar-refractivity contribution in [2.75, 3.05) is 18.4 Å². The van der Waals surface area contributed by atoms with Crippen LogP contribution >= 0.6 is 0 Å². The predicted octanol–water partition coefficient (Wildman–Crippen LogP) is 3.81. The van der Waals surface area contributed by atoms with Crippen molar-refractivity contribution in [3.63, 3.8) is 0 Å². The average Bonchev–Trinajstić information content (AvgIpc) is 2.72. The average molecular weight is 410 g/mol. The molecule has 30 heavy (non-hydrogen) atoms. The monoisotopic (exact) mass is 409 g/mol. The van der Waals surface area contributed by atoms with Crippen LogP contribution in [-0.2, 0) is 9.59 Å². The highest BCUT2D eigenvalue weighted by Gasteiger charge is 2.52. The molecule has 2 atom stereocenters. The first kappa shape index (κ1) is 20.0. The maximum atomic E-state index is 13.2. The highest BCUT2D eigenvalue weighted by Crippen LogP contribution is 2.55. The summed E-state index contributed by atoms with van der Waals surface area (Å²) in [5, 5.41) is 6.56. The quantitative estimate of drug-likeness (QED) is 0.777. The van der Waals surface area contributed by atoms with E-state index >= 15 is 0 Å². The van der Waals surface area contributed by atoms with E-state index in [4.69, 9.17) is 0 Å². The van der Waals surface area contributed by atoms with Gasteiger partial charge in [-0.3, -0.25) is 14.5 Å². The molecule has 2 N–H and O–H groups in total. The van der Waals surface area contributed by atoms with Gasteiger partial charge in [-0.2, -0.15) is 0 Å². The summed E-state index contributed by atoms with van der Waals surface area (Å²) in [7, 11) is 0. The fourth-order valence-corrected chi connectivity index (χ4v) is 7.13. The van der Waals surface area contributed by atoms with Gasteiger partial charge in [-0.25, -0.2) is 0 Å². The normalized spacial score (nSPS) is 36.3. The molecule has 0 radical (unpaired) electrons. The lowest BCUT2D eigenvalue weighted by molar-refractivity contribution is -0.133. The van der Waals surface area contributed by atoms with Crippen molar-refractivity contribution in [2.45, 2.75) is 69.9 Å². The van der Waals surface area contributed by atoms with Gasteiger partial charge in [0.15, 0.2) is 0 Å². The van der Waals surface area contributed by atoms with E-state index in [0.717, 1.165) is 42.8 Å². The zero-order chi connectivity index (χ0) is 20.7. The molecule has 1 saturated heterocycles. The largest absolute Gasteiger partial charge is 0.349 e. The number of amides is 2. The number of nitrogens with zero attached hydrogens (tertiary/aromatic N) is 1. The molecule has 4 saturated carbocycles. The summed E-state index contributed by atoms with van der Waals surface area (Å²) in [4.78, 5) is 28.2. The van der Waals surface area contributed by atoms with Crippen LogP contribution in [0.4, 0.5) is 5.69 Å². The molecule has 2 amide bonds. The third-order valence-corrected chi connectivity index (χ3v) is 8.22. The van der Waals surface area contributed by atoms with E-state index in [1.54, 1.807) is 0 Å². The van der Waals surface area contributed by atoms with E-state index < -0.39 is 0 Å². The zero-order valence-electron chi connectivity index (χ0n) is 18.1. The number of benzene rings is 1. The van der Waals surface area contributed by atoms with Crippen LogP contribution in [-0.4, -0.2) is 41.4 Å². The molecule has 0 aromatic heterocycles. The molecule has 0 spiro atoms. The summed E-state index contributed by atoms with van der Waals surface area (Å²) in [6.45, 7) is 3.58. The van der Waals surface area contributed by atoms with Crippen LogP contribution in [0.3, 0.4) is 0 Å². The van der Waals surface area contributed by atoms with E-state index in [1.165, 1.54) is 38.5 Å². The van der Waals surface area contributed by atoms with E-state index in [-0.39, 0.29) is 29.3 Å². The topological polar surface area (TPSA) is 61.4 Å². The highest BCUT2D eigenvalue weighted by atomic mass is 16.2. The van der Waals surface area contributed by atoms with Crippen molar-refractivity contribution in [1.82, 2.24) is 10.2 Å². The van der Waals surface area contributed by atoms with Gasteiger partial charge in [0.25, 0.3) is 0 Å². The summed E-state index contributed by atoms with van der Waals surface area (Å²) >= 11 is 0. The van der Waals surface area contributed by atoms with E-state index in [1.807, 2.05) is 37.3 Å². The summed E-state index contributed by atoms with van der Waals surface area (Å²) in [5.74, 6) is 2.66. The number of nitrogens with one attached hydrogen (secondary N) is 2. The summed E-state index contributed by atoms with van der Waals surface area (Å²) < 4.78 is 0. The Morgan fingerprint density at radius 2 is 1.67 bits per heavy atom. The second-order valence-electron chi connectivity index (χ2n) is 10.6. The number of likely N-dealkylation sites (tertiary alicyclic amines) is 1. The van der Waals surface area contributed by atoms with E-state index in [2.05, 4.69) is 15.5 Å². The molecule has 5 fully saturated rings. The van der Waals surface area contributed by atoms with Gasteiger partial charge in [0.2, 0.25) is 11.8 Å². The van der Waals surface area contributed by atoms with Gasteiger partial charge in [-0.05, 0) is 94.7 Å². The van der Waals surface area contributed by atoms with Crippen LogP contribution in [0.2, 0.25) is 0 Å². The third kappa shape index (κ3) is 4.01. The Balaban J connectivity index is 1.19. The third-order valence-electron chi connectivity index (χ3n) is 8.22. The SMILES string of the molecule is C[C@@H](C(=O)NC12CC3CC(CC(C3)C1)C2)N1CCC[C@@H](C(=O)Nc2ccccc2)C1. The van der Waals surface area contributed by atoms with E-state index in [0.29, 0.717) is 6.54 Å². The van der Waals surface area contributed by atoms with Crippen molar-refractivity contribution >= 4 is 17.5 Å². The van der Waals surface area contributed by atoms with E-state index in [9.17, 15) is 9.59 Å². The highest BCUT2D eigenvalue weighted by molar-refractivity contribution is 5.92. The first-order valence-electron chi connectivity index (χ1n) is 11.9. The molecule has 4 aliphatic carbocycles. The molecule has 4 bridgehead atoms. The number of hydrogen-bond donors (Lipinski definition) is 2.